The number of aliphatic hydroxyl groups excluding tert-OH is 1. The molecule has 4 heteroatoms. The van der Waals surface area contributed by atoms with E-state index in [0.717, 1.165) is 6.42 Å². The van der Waals surface area contributed by atoms with Crippen molar-refractivity contribution in [3.8, 4) is 0 Å². The average Bonchev–Trinajstić information content (AvgIpc) is 2.24. The highest BCUT2D eigenvalue weighted by Crippen LogP contribution is 2.26. The van der Waals surface area contributed by atoms with Gasteiger partial charge in [0, 0.05) is 12.0 Å². The van der Waals surface area contributed by atoms with Crippen molar-refractivity contribution in [3.63, 3.8) is 0 Å². The van der Waals surface area contributed by atoms with E-state index >= 15 is 0 Å². The number of ether oxygens (including phenoxy) is 1. The van der Waals surface area contributed by atoms with E-state index in [1.54, 1.807) is 20.8 Å². The van der Waals surface area contributed by atoms with E-state index in [0.29, 0.717) is 24.3 Å². The lowest BCUT2D eigenvalue weighted by atomic mass is 9.84. The Balaban J connectivity index is 4.39. The van der Waals surface area contributed by atoms with Crippen LogP contribution >= 0.6 is 0 Å². The zero-order chi connectivity index (χ0) is 15.9. The molecule has 20 heavy (non-hydrogen) atoms. The Hall–Kier alpha value is -0.870. The van der Waals surface area contributed by atoms with Gasteiger partial charge in [-0.25, -0.2) is 4.79 Å². The topological polar surface area (TPSA) is 66.8 Å². The van der Waals surface area contributed by atoms with Crippen molar-refractivity contribution < 1.29 is 19.7 Å². The lowest BCUT2D eigenvalue weighted by Crippen LogP contribution is -2.31. The maximum Gasteiger partial charge on any atom is 0.333 e. The minimum atomic E-state index is -0.853. The van der Waals surface area contributed by atoms with Gasteiger partial charge in [0.15, 0.2) is 0 Å². The minimum absolute atomic E-state index is 0.242. The first kappa shape index (κ1) is 19.1. The summed E-state index contributed by atoms with van der Waals surface area (Å²) in [5.41, 5.74) is -0.239. The molecule has 0 aliphatic rings. The molecule has 0 aliphatic carbocycles. The smallest absolute Gasteiger partial charge is 0.333 e. The molecule has 0 unspecified atom stereocenters. The molecule has 0 amide bonds. The molecule has 0 aromatic carbocycles. The van der Waals surface area contributed by atoms with Crippen molar-refractivity contribution in [3.05, 3.63) is 11.6 Å². The fourth-order valence-corrected chi connectivity index (χ4v) is 2.91. The van der Waals surface area contributed by atoms with Gasteiger partial charge in [0.05, 0.1) is 18.8 Å². The predicted octanol–water partition coefficient (Wildman–Crippen LogP) is 2.68. The summed E-state index contributed by atoms with van der Waals surface area (Å²) in [5.74, 6) is 0.248. The van der Waals surface area contributed by atoms with Gasteiger partial charge in [-0.1, -0.05) is 19.9 Å². The van der Waals surface area contributed by atoms with Crippen LogP contribution in [-0.4, -0.2) is 35.0 Å². The molecule has 4 nitrogen and oxygen atoms in total. The van der Waals surface area contributed by atoms with Crippen molar-refractivity contribution in [1.82, 2.24) is 0 Å². The Morgan fingerprint density at radius 3 is 2.30 bits per heavy atom. The molecule has 0 fully saturated rings. The van der Waals surface area contributed by atoms with E-state index in [4.69, 9.17) is 0 Å². The Morgan fingerprint density at radius 1 is 1.30 bits per heavy atom. The summed E-state index contributed by atoms with van der Waals surface area (Å²) < 4.78 is 4.67. The summed E-state index contributed by atoms with van der Waals surface area (Å²) in [4.78, 5) is 11.3. The van der Waals surface area contributed by atoms with Crippen LogP contribution in [0.15, 0.2) is 11.6 Å². The molecule has 0 saturated carbocycles. The minimum Gasteiger partial charge on any atom is -0.466 e. The van der Waals surface area contributed by atoms with Crippen LogP contribution in [0.5, 0.6) is 0 Å². The van der Waals surface area contributed by atoms with E-state index in [1.165, 1.54) is 7.11 Å². The number of methoxy groups -OCH3 is 1. The van der Waals surface area contributed by atoms with E-state index in [2.05, 4.69) is 11.7 Å². The van der Waals surface area contributed by atoms with Crippen LogP contribution in [0.3, 0.4) is 0 Å². The van der Waals surface area contributed by atoms with E-state index in [-0.39, 0.29) is 11.9 Å². The molecule has 0 spiro atoms. The van der Waals surface area contributed by atoms with E-state index in [1.807, 2.05) is 13.0 Å². The van der Waals surface area contributed by atoms with Crippen molar-refractivity contribution in [2.24, 2.45) is 11.8 Å². The van der Waals surface area contributed by atoms with Crippen LogP contribution in [-0.2, 0) is 9.53 Å². The summed E-state index contributed by atoms with van der Waals surface area (Å²) in [5, 5.41) is 19.6. The molecular formula is C16H30O4. The molecule has 0 bridgehead atoms. The summed E-state index contributed by atoms with van der Waals surface area (Å²) in [6.45, 7) is 9.32. The normalized spacial score (nSPS) is 19.9. The van der Waals surface area contributed by atoms with Gasteiger partial charge in [-0.2, -0.15) is 0 Å². The van der Waals surface area contributed by atoms with Crippen molar-refractivity contribution in [2.45, 2.75) is 65.6 Å². The summed E-state index contributed by atoms with van der Waals surface area (Å²) in [6, 6.07) is 0. The number of esters is 1. The van der Waals surface area contributed by atoms with Gasteiger partial charge >= 0.3 is 5.97 Å². The molecular weight excluding hydrogens is 256 g/mol. The van der Waals surface area contributed by atoms with Gasteiger partial charge < -0.3 is 14.9 Å². The highest BCUT2D eigenvalue weighted by Gasteiger charge is 2.25. The number of allylic oxidation sites excluding steroid dienone is 1. The zero-order valence-electron chi connectivity index (χ0n) is 13.6. The Bertz CT molecular complexity index is 331. The third-order valence-corrected chi connectivity index (χ3v) is 3.34. The van der Waals surface area contributed by atoms with E-state index < -0.39 is 11.7 Å². The lowest BCUT2D eigenvalue weighted by Gasteiger charge is -2.28. The molecule has 2 N–H and O–H groups in total. The number of carbonyl (C=O) groups is 1. The highest BCUT2D eigenvalue weighted by molar-refractivity contribution is 5.87. The second-order valence-electron chi connectivity index (χ2n) is 6.41. The fourth-order valence-electron chi connectivity index (χ4n) is 2.91. The second-order valence-corrected chi connectivity index (χ2v) is 6.41. The number of carbonyl (C=O) groups excluding carboxylic acids is 1. The molecule has 0 heterocycles. The largest absolute Gasteiger partial charge is 0.466 e. The number of hydrogen-bond donors (Lipinski definition) is 2. The van der Waals surface area contributed by atoms with Crippen molar-refractivity contribution >= 4 is 5.97 Å². The van der Waals surface area contributed by atoms with Crippen LogP contribution in [0.4, 0.5) is 0 Å². The van der Waals surface area contributed by atoms with Gasteiger partial charge in [0.25, 0.3) is 0 Å². The molecule has 0 radical (unpaired) electrons. The summed E-state index contributed by atoms with van der Waals surface area (Å²) >= 11 is 0. The third kappa shape index (κ3) is 8.33. The molecule has 118 valence electrons. The van der Waals surface area contributed by atoms with Crippen molar-refractivity contribution in [2.75, 3.05) is 7.11 Å². The Kier molecular flexibility index (Phi) is 8.06. The van der Waals surface area contributed by atoms with Crippen LogP contribution in [0.25, 0.3) is 0 Å². The molecule has 0 rings (SSSR count). The second kappa shape index (κ2) is 8.42. The quantitative estimate of drug-likeness (QED) is 0.532. The first-order valence-corrected chi connectivity index (χ1v) is 7.24. The fraction of sp³-hybridized carbons (Fsp3) is 0.812. The first-order chi connectivity index (χ1) is 9.07. The molecule has 0 aliphatic heterocycles. The van der Waals surface area contributed by atoms with Gasteiger partial charge in [-0.05, 0) is 45.4 Å². The number of hydrogen-bond acceptors (Lipinski definition) is 4. The summed E-state index contributed by atoms with van der Waals surface area (Å²) in [7, 11) is 1.38. The predicted molar refractivity (Wildman–Crippen MR) is 80.3 cm³/mol. The monoisotopic (exact) mass is 286 g/mol. The standard InChI is InChI=1S/C16H30O4/c1-11(8-13(3)15(18)20-6)7-12(2)9-16(5,19)10-14(4)17/h8,11-12,14,17,19H,7,9-10H2,1-6H3/t11-,12+,14+,16-/m1/s1. The highest BCUT2D eigenvalue weighted by atomic mass is 16.5. The van der Waals surface area contributed by atoms with Crippen LogP contribution in [0.2, 0.25) is 0 Å². The van der Waals surface area contributed by atoms with Crippen LogP contribution < -0.4 is 0 Å². The van der Waals surface area contributed by atoms with Crippen LogP contribution in [0, 0.1) is 11.8 Å². The molecule has 4 atom stereocenters. The van der Waals surface area contributed by atoms with Gasteiger partial charge in [-0.3, -0.25) is 0 Å². The van der Waals surface area contributed by atoms with Crippen LogP contribution in [0.1, 0.15) is 53.9 Å². The van der Waals surface area contributed by atoms with E-state index in [9.17, 15) is 15.0 Å². The van der Waals surface area contributed by atoms with Gasteiger partial charge in [0.2, 0.25) is 0 Å². The maximum atomic E-state index is 11.3. The Labute approximate surface area is 122 Å². The molecule has 0 saturated heterocycles. The maximum absolute atomic E-state index is 11.3. The molecule has 0 aromatic rings. The van der Waals surface area contributed by atoms with Crippen molar-refractivity contribution in [1.29, 1.82) is 0 Å². The molecule has 0 aromatic heterocycles. The average molecular weight is 286 g/mol. The number of rotatable bonds is 8. The zero-order valence-corrected chi connectivity index (χ0v) is 13.6. The first-order valence-electron chi connectivity index (χ1n) is 7.24. The number of aliphatic hydroxyl groups is 2. The Morgan fingerprint density at radius 2 is 1.85 bits per heavy atom. The summed E-state index contributed by atoms with van der Waals surface area (Å²) in [6.07, 6.45) is 3.29. The SMILES string of the molecule is COC(=O)C(C)=C[C@H](C)C[C@H](C)C[C@@](C)(O)C[C@H](C)O. The van der Waals surface area contributed by atoms with Gasteiger partial charge in [-0.15, -0.1) is 0 Å². The van der Waals surface area contributed by atoms with Gasteiger partial charge in [0.1, 0.15) is 0 Å². The third-order valence-electron chi connectivity index (χ3n) is 3.34. The lowest BCUT2D eigenvalue weighted by molar-refractivity contribution is -0.136.